The van der Waals surface area contributed by atoms with Crippen LogP contribution in [0.2, 0.25) is 0 Å². The van der Waals surface area contributed by atoms with Crippen LogP contribution < -0.4 is 4.74 Å². The number of alkyl halides is 1. The number of pyridine rings is 1. The van der Waals surface area contributed by atoms with E-state index < -0.39 is 12.1 Å². The molecule has 2 fully saturated rings. The average Bonchev–Trinajstić information content (AvgIpc) is 3.16. The molecule has 0 unspecified atom stereocenters. The van der Waals surface area contributed by atoms with E-state index in [1.54, 1.807) is 19.4 Å². The van der Waals surface area contributed by atoms with Gasteiger partial charge in [0.1, 0.15) is 11.9 Å². The third-order valence-corrected chi connectivity index (χ3v) is 9.45. The SMILES string of the molecule is COc1ccc2nccc([C@H](F)CC[C@@H]3CCN(CCSC4CCCCCC4)C[C@@H]3CC(=O)O)c2c1. The standard InChI is InChI=1S/C29H41FN2O3S/c1-35-23-9-11-28-26(19-23)25(12-14-31-28)27(30)10-8-21-13-15-32(20-22(21)18-29(33)34)16-17-36-24-6-4-2-3-5-7-24/h9,11-12,14,19,21-22,24,27H,2-8,10,13,15-18,20H2,1H3,(H,33,34)/t21-,22+,27-/m1/s1. The van der Waals surface area contributed by atoms with Crippen LogP contribution in [-0.4, -0.2) is 58.7 Å². The smallest absolute Gasteiger partial charge is 0.303 e. The largest absolute Gasteiger partial charge is 0.497 e. The Morgan fingerprint density at radius 1 is 1.19 bits per heavy atom. The summed E-state index contributed by atoms with van der Waals surface area (Å²) < 4.78 is 20.8. The predicted molar refractivity (Wildman–Crippen MR) is 146 cm³/mol. The molecule has 7 heteroatoms. The molecule has 2 aliphatic rings. The molecule has 1 aromatic heterocycles. The monoisotopic (exact) mass is 516 g/mol. The number of hydrogen-bond acceptors (Lipinski definition) is 5. The fraction of sp³-hybridized carbons (Fsp3) is 0.655. The van der Waals surface area contributed by atoms with E-state index in [4.69, 9.17) is 4.74 Å². The Labute approximate surface area is 219 Å². The zero-order valence-corrected chi connectivity index (χ0v) is 22.4. The molecule has 1 saturated carbocycles. The summed E-state index contributed by atoms with van der Waals surface area (Å²) in [5, 5.41) is 11.1. The van der Waals surface area contributed by atoms with Gasteiger partial charge in [-0.2, -0.15) is 11.8 Å². The van der Waals surface area contributed by atoms with E-state index >= 15 is 4.39 Å². The topological polar surface area (TPSA) is 62.7 Å². The maximum Gasteiger partial charge on any atom is 0.303 e. The molecule has 5 nitrogen and oxygen atoms in total. The summed E-state index contributed by atoms with van der Waals surface area (Å²) in [6.45, 7) is 2.83. The minimum absolute atomic E-state index is 0.0839. The van der Waals surface area contributed by atoms with Crippen LogP contribution in [-0.2, 0) is 4.79 Å². The highest BCUT2D eigenvalue weighted by molar-refractivity contribution is 7.99. The third-order valence-electron chi connectivity index (χ3n) is 8.09. The van der Waals surface area contributed by atoms with Crippen LogP contribution in [0.3, 0.4) is 0 Å². The van der Waals surface area contributed by atoms with Gasteiger partial charge < -0.3 is 14.7 Å². The van der Waals surface area contributed by atoms with Gasteiger partial charge in [0.15, 0.2) is 0 Å². The van der Waals surface area contributed by atoms with E-state index in [0.29, 0.717) is 24.2 Å². The summed E-state index contributed by atoms with van der Waals surface area (Å²) in [6, 6.07) is 7.31. The minimum atomic E-state index is -1.11. The second kappa shape index (κ2) is 13.6. The first-order valence-corrected chi connectivity index (χ1v) is 14.7. The molecule has 2 heterocycles. The lowest BCUT2D eigenvalue weighted by Gasteiger charge is -2.38. The number of nitrogens with zero attached hydrogens (tertiary/aromatic N) is 2. The molecule has 1 aliphatic carbocycles. The van der Waals surface area contributed by atoms with Crippen molar-refractivity contribution in [2.75, 3.05) is 32.5 Å². The van der Waals surface area contributed by atoms with E-state index in [0.717, 1.165) is 48.0 Å². The normalized spacial score (nSPS) is 22.8. The Balaban J connectivity index is 1.31. The van der Waals surface area contributed by atoms with Crippen LogP contribution in [0.25, 0.3) is 10.9 Å². The van der Waals surface area contributed by atoms with E-state index in [1.165, 1.54) is 38.5 Å². The summed E-state index contributed by atoms with van der Waals surface area (Å²) in [7, 11) is 1.61. The molecular weight excluding hydrogens is 475 g/mol. The molecule has 3 atom stereocenters. The van der Waals surface area contributed by atoms with Crippen LogP contribution >= 0.6 is 11.8 Å². The van der Waals surface area contributed by atoms with Crippen molar-refractivity contribution < 1.29 is 19.0 Å². The Bertz CT molecular complexity index is 982. The van der Waals surface area contributed by atoms with Gasteiger partial charge >= 0.3 is 5.97 Å². The number of piperidine rings is 1. The summed E-state index contributed by atoms with van der Waals surface area (Å²) in [5.74, 6) is 1.40. The number of ether oxygens (including phenoxy) is 1. The minimum Gasteiger partial charge on any atom is -0.497 e. The maximum atomic E-state index is 15.5. The quantitative estimate of drug-likeness (QED) is 0.328. The van der Waals surface area contributed by atoms with Gasteiger partial charge in [-0.05, 0) is 80.3 Å². The van der Waals surface area contributed by atoms with Crippen molar-refractivity contribution in [3.05, 3.63) is 36.0 Å². The van der Waals surface area contributed by atoms with E-state index in [1.807, 2.05) is 18.2 Å². The van der Waals surface area contributed by atoms with Gasteiger partial charge in [-0.25, -0.2) is 4.39 Å². The lowest BCUT2D eigenvalue weighted by molar-refractivity contribution is -0.139. The van der Waals surface area contributed by atoms with Gasteiger partial charge in [-0.15, -0.1) is 0 Å². The van der Waals surface area contributed by atoms with Crippen molar-refractivity contribution in [3.8, 4) is 5.75 Å². The van der Waals surface area contributed by atoms with Crippen molar-refractivity contribution in [2.24, 2.45) is 11.8 Å². The zero-order chi connectivity index (χ0) is 25.3. The first-order chi connectivity index (χ1) is 17.5. The highest BCUT2D eigenvalue weighted by Gasteiger charge is 2.31. The number of fused-ring (bicyclic) bond motifs is 1. The number of carbonyl (C=O) groups is 1. The Kier molecular flexibility index (Phi) is 10.3. The lowest BCUT2D eigenvalue weighted by atomic mass is 9.79. The number of rotatable bonds is 11. The fourth-order valence-electron chi connectivity index (χ4n) is 6.01. The molecule has 1 aliphatic heterocycles. The second-order valence-electron chi connectivity index (χ2n) is 10.5. The van der Waals surface area contributed by atoms with Gasteiger partial charge in [0.05, 0.1) is 12.6 Å². The van der Waals surface area contributed by atoms with Gasteiger partial charge in [0.2, 0.25) is 0 Å². The molecule has 0 bridgehead atoms. The van der Waals surface area contributed by atoms with Crippen molar-refractivity contribution in [1.82, 2.24) is 9.88 Å². The molecule has 2 aromatic rings. The summed E-state index contributed by atoms with van der Waals surface area (Å²) >= 11 is 2.11. The maximum absolute atomic E-state index is 15.5. The molecule has 0 radical (unpaired) electrons. The lowest BCUT2D eigenvalue weighted by Crippen LogP contribution is -2.42. The molecule has 4 rings (SSSR count). The zero-order valence-electron chi connectivity index (χ0n) is 21.5. The highest BCUT2D eigenvalue weighted by atomic mass is 32.2. The first-order valence-electron chi connectivity index (χ1n) is 13.7. The van der Waals surface area contributed by atoms with Gasteiger partial charge in [0.25, 0.3) is 0 Å². The number of aromatic nitrogens is 1. The number of carboxylic acids is 1. The van der Waals surface area contributed by atoms with Crippen molar-refractivity contribution in [3.63, 3.8) is 0 Å². The number of benzene rings is 1. The van der Waals surface area contributed by atoms with Gasteiger partial charge in [-0.1, -0.05) is 25.7 Å². The van der Waals surface area contributed by atoms with Crippen LogP contribution in [0.5, 0.6) is 5.75 Å². The van der Waals surface area contributed by atoms with Crippen LogP contribution in [0.4, 0.5) is 4.39 Å². The molecule has 1 aromatic carbocycles. The number of aliphatic carboxylic acids is 1. The molecule has 1 saturated heterocycles. The van der Waals surface area contributed by atoms with E-state index in [-0.39, 0.29) is 18.3 Å². The Morgan fingerprint density at radius 3 is 2.75 bits per heavy atom. The number of hydrogen-bond donors (Lipinski definition) is 1. The molecule has 1 N–H and O–H groups in total. The fourth-order valence-corrected chi connectivity index (χ4v) is 7.38. The van der Waals surface area contributed by atoms with Gasteiger partial charge in [-0.3, -0.25) is 9.78 Å². The summed E-state index contributed by atoms with van der Waals surface area (Å²) in [5.41, 5.74) is 1.40. The number of thioether (sulfide) groups is 1. The number of methoxy groups -OCH3 is 1. The molecule has 36 heavy (non-hydrogen) atoms. The molecular formula is C29H41FN2O3S. The molecule has 0 amide bonds. The van der Waals surface area contributed by atoms with Crippen LogP contribution in [0.15, 0.2) is 30.5 Å². The van der Waals surface area contributed by atoms with Crippen molar-refractivity contribution in [2.45, 2.75) is 75.6 Å². The van der Waals surface area contributed by atoms with E-state index in [2.05, 4.69) is 21.6 Å². The Morgan fingerprint density at radius 2 is 2.00 bits per heavy atom. The number of likely N-dealkylation sites (tertiary alicyclic amines) is 1. The summed E-state index contributed by atoms with van der Waals surface area (Å²) in [6.07, 6.45) is 11.0. The second-order valence-corrected chi connectivity index (χ2v) is 11.9. The summed E-state index contributed by atoms with van der Waals surface area (Å²) in [4.78, 5) is 18.4. The third kappa shape index (κ3) is 7.58. The number of carboxylic acid groups (broad SMARTS) is 1. The average molecular weight is 517 g/mol. The predicted octanol–water partition coefficient (Wildman–Crippen LogP) is 6.90. The molecule has 198 valence electrons. The Hall–Kier alpha value is -1.86. The van der Waals surface area contributed by atoms with Crippen LogP contribution in [0.1, 0.15) is 75.9 Å². The van der Waals surface area contributed by atoms with Crippen LogP contribution in [0, 0.1) is 11.8 Å². The first kappa shape index (κ1) is 27.2. The number of halogens is 1. The van der Waals surface area contributed by atoms with Crippen molar-refractivity contribution >= 4 is 28.6 Å². The van der Waals surface area contributed by atoms with E-state index in [9.17, 15) is 9.90 Å². The van der Waals surface area contributed by atoms with Crippen molar-refractivity contribution in [1.29, 1.82) is 0 Å². The van der Waals surface area contributed by atoms with Gasteiger partial charge in [0, 0.05) is 42.1 Å². The molecule has 0 spiro atoms. The highest BCUT2D eigenvalue weighted by Crippen LogP contribution is 2.36.